The highest BCUT2D eigenvalue weighted by Crippen LogP contribution is 2.29. The van der Waals surface area contributed by atoms with Crippen LogP contribution in [-0.2, 0) is 26.2 Å². The first-order valence-corrected chi connectivity index (χ1v) is 13.6. The van der Waals surface area contributed by atoms with Crippen LogP contribution in [0.3, 0.4) is 0 Å². The van der Waals surface area contributed by atoms with Gasteiger partial charge in [0.1, 0.15) is 12.6 Å². The van der Waals surface area contributed by atoms with Gasteiger partial charge in [-0.05, 0) is 49.2 Å². The molecule has 0 aliphatic rings. The Morgan fingerprint density at radius 3 is 2.09 bits per heavy atom. The zero-order chi connectivity index (χ0) is 25.6. The van der Waals surface area contributed by atoms with Crippen molar-refractivity contribution < 1.29 is 18.0 Å². The third-order valence-corrected chi connectivity index (χ3v) is 7.54. The summed E-state index contributed by atoms with van der Waals surface area (Å²) < 4.78 is 26.0. The zero-order valence-corrected chi connectivity index (χ0v) is 22.7. The van der Waals surface area contributed by atoms with Crippen LogP contribution in [-0.4, -0.2) is 50.5 Å². The molecule has 12 heteroatoms. The van der Waals surface area contributed by atoms with Gasteiger partial charge in [0.25, 0.3) is 0 Å². The fourth-order valence-electron chi connectivity index (χ4n) is 3.07. The van der Waals surface area contributed by atoms with Crippen LogP contribution in [0.2, 0.25) is 20.1 Å². The Hall–Kier alpha value is -1.71. The summed E-state index contributed by atoms with van der Waals surface area (Å²) in [6.45, 7) is 3.38. The molecule has 34 heavy (non-hydrogen) atoms. The topological polar surface area (TPSA) is 86.8 Å². The molecule has 2 aromatic rings. The molecular weight excluding hydrogens is 544 g/mol. The molecule has 0 aliphatic carbocycles. The van der Waals surface area contributed by atoms with E-state index < -0.39 is 28.5 Å². The molecule has 1 atom stereocenters. The van der Waals surface area contributed by atoms with E-state index in [4.69, 9.17) is 46.4 Å². The molecule has 0 saturated carbocycles. The number of anilines is 1. The first-order chi connectivity index (χ1) is 15.8. The Balaban J connectivity index is 2.41. The van der Waals surface area contributed by atoms with Gasteiger partial charge in [0.05, 0.1) is 32.0 Å². The second-order valence-electron chi connectivity index (χ2n) is 7.61. The van der Waals surface area contributed by atoms with Gasteiger partial charge < -0.3 is 10.2 Å². The maximum absolute atomic E-state index is 13.4. The smallest absolute Gasteiger partial charge is 0.244 e. The van der Waals surface area contributed by atoms with Crippen LogP contribution in [0.1, 0.15) is 25.8 Å². The lowest BCUT2D eigenvalue weighted by Crippen LogP contribution is -2.51. The Morgan fingerprint density at radius 2 is 1.56 bits per heavy atom. The average Bonchev–Trinajstić information content (AvgIpc) is 2.77. The Kier molecular flexibility index (Phi) is 10.3. The zero-order valence-electron chi connectivity index (χ0n) is 18.8. The van der Waals surface area contributed by atoms with E-state index in [2.05, 4.69) is 5.32 Å². The number of hydrogen-bond donors (Lipinski definition) is 1. The second kappa shape index (κ2) is 12.3. The number of nitrogens with zero attached hydrogens (tertiary/aromatic N) is 2. The summed E-state index contributed by atoms with van der Waals surface area (Å²) in [7, 11) is -3.88. The number of carbonyl (C=O) groups excluding carboxylic acids is 2. The molecule has 0 aromatic heterocycles. The predicted octanol–water partition coefficient (Wildman–Crippen LogP) is 5.01. The largest absolute Gasteiger partial charge is 0.354 e. The molecule has 2 amide bonds. The van der Waals surface area contributed by atoms with Gasteiger partial charge in [-0.25, -0.2) is 8.42 Å². The lowest BCUT2D eigenvalue weighted by molar-refractivity contribution is -0.139. The van der Waals surface area contributed by atoms with E-state index in [-0.39, 0.29) is 28.2 Å². The number of sulfonamides is 1. The maximum Gasteiger partial charge on any atom is 0.244 e. The van der Waals surface area contributed by atoms with Crippen molar-refractivity contribution in [1.82, 2.24) is 10.2 Å². The Bertz CT molecular complexity index is 1160. The minimum Gasteiger partial charge on any atom is -0.354 e. The summed E-state index contributed by atoms with van der Waals surface area (Å²) in [5.74, 6) is -0.961. The molecule has 2 aromatic carbocycles. The van der Waals surface area contributed by atoms with Gasteiger partial charge in [0.2, 0.25) is 21.8 Å². The lowest BCUT2D eigenvalue weighted by atomic mass is 10.1. The van der Waals surface area contributed by atoms with Gasteiger partial charge >= 0.3 is 0 Å². The highest BCUT2D eigenvalue weighted by atomic mass is 35.5. The van der Waals surface area contributed by atoms with Crippen LogP contribution in [0.5, 0.6) is 0 Å². The van der Waals surface area contributed by atoms with Crippen LogP contribution >= 0.6 is 46.4 Å². The van der Waals surface area contributed by atoms with Gasteiger partial charge in [0.15, 0.2) is 0 Å². The lowest BCUT2D eigenvalue weighted by Gasteiger charge is -2.31. The molecule has 0 spiro atoms. The van der Waals surface area contributed by atoms with E-state index in [0.717, 1.165) is 17.0 Å². The number of halogens is 4. The van der Waals surface area contributed by atoms with Gasteiger partial charge in [-0.15, -0.1) is 0 Å². The molecular formula is C22H25Cl4N3O4S. The average molecular weight is 569 g/mol. The molecule has 7 nitrogen and oxygen atoms in total. The summed E-state index contributed by atoms with van der Waals surface area (Å²) in [6.07, 6.45) is 1.70. The number of carbonyl (C=O) groups is 2. The van der Waals surface area contributed by atoms with Crippen LogP contribution in [0.4, 0.5) is 5.69 Å². The molecule has 0 fully saturated rings. The molecule has 0 unspecified atom stereocenters. The minimum absolute atomic E-state index is 0.00934. The van der Waals surface area contributed by atoms with E-state index >= 15 is 0 Å². The fourth-order valence-corrected chi connectivity index (χ4v) is 4.52. The van der Waals surface area contributed by atoms with Crippen LogP contribution in [0, 0.1) is 0 Å². The highest BCUT2D eigenvalue weighted by Gasteiger charge is 2.30. The summed E-state index contributed by atoms with van der Waals surface area (Å²) in [4.78, 5) is 27.4. The summed E-state index contributed by atoms with van der Waals surface area (Å²) >= 11 is 24.1. The predicted molar refractivity (Wildman–Crippen MR) is 138 cm³/mol. The van der Waals surface area contributed by atoms with E-state index in [1.165, 1.54) is 23.1 Å². The molecule has 0 heterocycles. The molecule has 0 aliphatic heterocycles. The molecule has 0 saturated heterocycles. The second-order valence-corrected chi connectivity index (χ2v) is 11.1. The number of amides is 2. The third-order valence-electron chi connectivity index (χ3n) is 4.92. The monoisotopic (exact) mass is 567 g/mol. The van der Waals surface area contributed by atoms with Crippen LogP contribution < -0.4 is 9.62 Å². The summed E-state index contributed by atoms with van der Waals surface area (Å²) in [5, 5.41) is 3.78. The molecule has 186 valence electrons. The van der Waals surface area contributed by atoms with Gasteiger partial charge in [-0.1, -0.05) is 59.4 Å². The SMILES string of the molecule is CCCNC(=O)[C@H](C)N(Cc1ccc(Cl)c(Cl)c1)C(=O)CN(c1ccc(Cl)c(Cl)c1)S(C)(=O)=O. The fraction of sp³-hybridized carbons (Fsp3) is 0.364. The normalized spacial score (nSPS) is 12.2. The molecule has 1 N–H and O–H groups in total. The summed E-state index contributed by atoms with van der Waals surface area (Å²) in [5.41, 5.74) is 0.793. The minimum atomic E-state index is -3.88. The van der Waals surface area contributed by atoms with E-state index in [1.54, 1.807) is 25.1 Å². The number of rotatable bonds is 10. The maximum atomic E-state index is 13.4. The first kappa shape index (κ1) is 28.5. The van der Waals surface area contributed by atoms with Crippen molar-refractivity contribution in [3.8, 4) is 0 Å². The van der Waals surface area contributed by atoms with Crippen LogP contribution in [0.25, 0.3) is 0 Å². The van der Waals surface area contributed by atoms with Crippen molar-refractivity contribution in [1.29, 1.82) is 0 Å². The quantitative estimate of drug-likeness (QED) is 0.436. The van der Waals surface area contributed by atoms with Gasteiger partial charge in [-0.3, -0.25) is 13.9 Å². The summed E-state index contributed by atoms with van der Waals surface area (Å²) in [6, 6.07) is 8.22. The van der Waals surface area contributed by atoms with Crippen molar-refractivity contribution in [2.24, 2.45) is 0 Å². The number of benzene rings is 2. The first-order valence-electron chi connectivity index (χ1n) is 10.3. The number of hydrogen-bond acceptors (Lipinski definition) is 4. The van der Waals surface area contributed by atoms with Crippen molar-refractivity contribution in [2.75, 3.05) is 23.7 Å². The van der Waals surface area contributed by atoms with Crippen LogP contribution in [0.15, 0.2) is 36.4 Å². The van der Waals surface area contributed by atoms with E-state index in [0.29, 0.717) is 22.2 Å². The molecule has 0 radical (unpaired) electrons. The van der Waals surface area contributed by atoms with E-state index in [9.17, 15) is 18.0 Å². The van der Waals surface area contributed by atoms with Crippen molar-refractivity contribution in [3.05, 3.63) is 62.1 Å². The highest BCUT2D eigenvalue weighted by molar-refractivity contribution is 7.92. The molecule has 2 rings (SSSR count). The standard InChI is InChI=1S/C22H25Cl4N3O4S/c1-4-9-27-22(31)14(2)28(12-15-5-7-17(23)19(25)10-15)21(30)13-29(34(3,32)33)16-6-8-18(24)20(26)11-16/h5-8,10-11,14H,4,9,12-13H2,1-3H3,(H,27,31)/t14-/m0/s1. The van der Waals surface area contributed by atoms with Crippen molar-refractivity contribution >= 4 is 73.9 Å². The van der Waals surface area contributed by atoms with Gasteiger partial charge in [-0.2, -0.15) is 0 Å². The van der Waals surface area contributed by atoms with E-state index in [1.807, 2.05) is 6.92 Å². The third kappa shape index (κ3) is 7.65. The molecule has 0 bridgehead atoms. The Morgan fingerprint density at radius 1 is 0.971 bits per heavy atom. The van der Waals surface area contributed by atoms with Crippen molar-refractivity contribution in [2.45, 2.75) is 32.9 Å². The number of nitrogens with one attached hydrogen (secondary N) is 1. The van der Waals surface area contributed by atoms with Gasteiger partial charge in [0, 0.05) is 13.1 Å². The van der Waals surface area contributed by atoms with Crippen molar-refractivity contribution in [3.63, 3.8) is 0 Å². The Labute approximate surface area is 220 Å².